The van der Waals surface area contributed by atoms with E-state index < -0.39 is 0 Å². The molecule has 0 saturated heterocycles. The zero-order valence-electron chi connectivity index (χ0n) is 23.4. The van der Waals surface area contributed by atoms with Crippen LogP contribution >= 0.6 is 0 Å². The van der Waals surface area contributed by atoms with Crippen LogP contribution < -0.4 is 0 Å². The Bertz CT molecular complexity index is 388. The minimum atomic E-state index is 0.0218. The molecule has 2 heteroatoms. The van der Waals surface area contributed by atoms with E-state index in [-0.39, 0.29) is 5.97 Å². The van der Waals surface area contributed by atoms with Crippen LogP contribution in [-0.4, -0.2) is 12.6 Å². The van der Waals surface area contributed by atoms with Crippen LogP contribution in [0.15, 0.2) is 0 Å². The summed E-state index contributed by atoms with van der Waals surface area (Å²) in [6.07, 6.45) is 29.9. The fourth-order valence-corrected chi connectivity index (χ4v) is 4.56. The predicted octanol–water partition coefficient (Wildman–Crippen LogP) is 10.8. The van der Waals surface area contributed by atoms with E-state index in [2.05, 4.69) is 27.7 Å². The van der Waals surface area contributed by atoms with E-state index >= 15 is 0 Å². The van der Waals surface area contributed by atoms with Gasteiger partial charge in [-0.05, 0) is 24.7 Å². The molecule has 198 valence electrons. The molecule has 0 unspecified atom stereocenters. The van der Waals surface area contributed by atoms with Crippen molar-refractivity contribution in [2.45, 2.75) is 175 Å². The Morgan fingerprint density at radius 2 is 0.758 bits per heavy atom. The van der Waals surface area contributed by atoms with E-state index in [1.807, 2.05) is 0 Å². The average Bonchev–Trinajstić information content (AvgIpc) is 2.77. The first-order chi connectivity index (χ1) is 16.0. The molecule has 0 aliphatic heterocycles. The fraction of sp³-hybridized carbons (Fsp3) is 0.968. The van der Waals surface area contributed by atoms with Crippen molar-refractivity contribution in [2.75, 3.05) is 6.61 Å². The van der Waals surface area contributed by atoms with Crippen molar-refractivity contribution >= 4 is 5.97 Å². The van der Waals surface area contributed by atoms with Gasteiger partial charge in [0, 0.05) is 6.42 Å². The lowest BCUT2D eigenvalue weighted by molar-refractivity contribution is -0.143. The Hall–Kier alpha value is -0.530. The van der Waals surface area contributed by atoms with Crippen LogP contribution in [0.4, 0.5) is 0 Å². The number of carbonyl (C=O) groups excluding carboxylic acids is 1. The summed E-state index contributed by atoms with van der Waals surface area (Å²) in [6, 6.07) is 0. The first kappa shape index (κ1) is 32.5. The van der Waals surface area contributed by atoms with Crippen LogP contribution in [0.3, 0.4) is 0 Å². The minimum Gasteiger partial charge on any atom is -0.466 e. The minimum absolute atomic E-state index is 0.0218. The Morgan fingerprint density at radius 3 is 1.12 bits per heavy atom. The highest BCUT2D eigenvalue weighted by Gasteiger charge is 2.03. The summed E-state index contributed by atoms with van der Waals surface area (Å²) in [7, 11) is 0. The molecular formula is C31H62O2. The maximum atomic E-state index is 11.8. The van der Waals surface area contributed by atoms with Crippen molar-refractivity contribution in [1.29, 1.82) is 0 Å². The van der Waals surface area contributed by atoms with E-state index in [9.17, 15) is 4.79 Å². The SMILES string of the molecule is CC(C)CCCCCCCCCCCCCCC(=O)OCCCCCCCCCCC(C)C. The molecule has 0 aliphatic carbocycles. The van der Waals surface area contributed by atoms with Gasteiger partial charge in [0.15, 0.2) is 0 Å². The second-order valence-corrected chi connectivity index (χ2v) is 11.4. The molecule has 2 nitrogen and oxygen atoms in total. The molecule has 0 aromatic rings. The molecule has 0 bridgehead atoms. The van der Waals surface area contributed by atoms with Crippen LogP contribution in [0.25, 0.3) is 0 Å². The highest BCUT2D eigenvalue weighted by Crippen LogP contribution is 2.15. The highest BCUT2D eigenvalue weighted by molar-refractivity contribution is 5.69. The van der Waals surface area contributed by atoms with Gasteiger partial charge < -0.3 is 4.74 Å². The van der Waals surface area contributed by atoms with Gasteiger partial charge in [-0.3, -0.25) is 4.79 Å². The van der Waals surface area contributed by atoms with E-state index in [0.29, 0.717) is 13.0 Å². The van der Waals surface area contributed by atoms with Crippen molar-refractivity contribution in [2.24, 2.45) is 11.8 Å². The average molecular weight is 467 g/mol. The van der Waals surface area contributed by atoms with E-state index in [0.717, 1.165) is 24.7 Å². The molecule has 0 spiro atoms. The van der Waals surface area contributed by atoms with Crippen LogP contribution in [0, 0.1) is 11.8 Å². The third-order valence-corrected chi connectivity index (χ3v) is 6.85. The lowest BCUT2D eigenvalue weighted by Crippen LogP contribution is -2.05. The lowest BCUT2D eigenvalue weighted by atomic mass is 10.0. The summed E-state index contributed by atoms with van der Waals surface area (Å²) < 4.78 is 5.40. The monoisotopic (exact) mass is 466 g/mol. The molecule has 0 aromatic heterocycles. The third-order valence-electron chi connectivity index (χ3n) is 6.85. The van der Waals surface area contributed by atoms with E-state index in [1.54, 1.807) is 0 Å². The Morgan fingerprint density at radius 1 is 0.455 bits per heavy atom. The quantitative estimate of drug-likeness (QED) is 0.0935. The Labute approximate surface area is 209 Å². The van der Waals surface area contributed by atoms with Crippen molar-refractivity contribution < 1.29 is 9.53 Å². The van der Waals surface area contributed by atoms with Gasteiger partial charge in [0.05, 0.1) is 6.61 Å². The summed E-state index contributed by atoms with van der Waals surface area (Å²) in [6.45, 7) is 9.91. The summed E-state index contributed by atoms with van der Waals surface area (Å²) in [5.41, 5.74) is 0. The van der Waals surface area contributed by atoms with Crippen LogP contribution in [0.1, 0.15) is 175 Å². The maximum Gasteiger partial charge on any atom is 0.305 e. The molecule has 0 radical (unpaired) electrons. The van der Waals surface area contributed by atoms with Gasteiger partial charge in [-0.15, -0.1) is 0 Å². The number of esters is 1. The van der Waals surface area contributed by atoms with Crippen molar-refractivity contribution in [3.05, 3.63) is 0 Å². The second-order valence-electron chi connectivity index (χ2n) is 11.4. The molecule has 0 atom stereocenters. The number of ether oxygens (including phenoxy) is 1. The van der Waals surface area contributed by atoms with Crippen LogP contribution in [0.5, 0.6) is 0 Å². The van der Waals surface area contributed by atoms with Gasteiger partial charge >= 0.3 is 5.97 Å². The van der Waals surface area contributed by atoms with Crippen LogP contribution in [0.2, 0.25) is 0 Å². The van der Waals surface area contributed by atoms with E-state index in [4.69, 9.17) is 4.74 Å². The van der Waals surface area contributed by atoms with Gasteiger partial charge in [0.2, 0.25) is 0 Å². The number of hydrogen-bond donors (Lipinski definition) is 0. The largest absolute Gasteiger partial charge is 0.466 e. The molecule has 0 heterocycles. The molecule has 0 rings (SSSR count). The molecule has 0 aliphatic rings. The predicted molar refractivity (Wildman–Crippen MR) is 147 cm³/mol. The second kappa shape index (κ2) is 26.1. The number of hydrogen-bond acceptors (Lipinski definition) is 2. The fourth-order valence-electron chi connectivity index (χ4n) is 4.56. The molecule has 0 fully saturated rings. The van der Waals surface area contributed by atoms with Gasteiger partial charge in [-0.1, -0.05) is 156 Å². The Kier molecular flexibility index (Phi) is 25.7. The molecule has 0 amide bonds. The number of carbonyl (C=O) groups is 1. The molecular weight excluding hydrogens is 404 g/mol. The molecule has 0 aromatic carbocycles. The van der Waals surface area contributed by atoms with Crippen molar-refractivity contribution in [3.8, 4) is 0 Å². The molecule has 0 saturated carbocycles. The van der Waals surface area contributed by atoms with Gasteiger partial charge in [0.1, 0.15) is 0 Å². The van der Waals surface area contributed by atoms with E-state index in [1.165, 1.54) is 128 Å². The summed E-state index contributed by atoms with van der Waals surface area (Å²) in [4.78, 5) is 11.8. The normalized spacial score (nSPS) is 11.6. The topological polar surface area (TPSA) is 26.3 Å². The number of unbranched alkanes of at least 4 members (excludes halogenated alkanes) is 18. The first-order valence-corrected chi connectivity index (χ1v) is 15.2. The van der Waals surface area contributed by atoms with Crippen LogP contribution in [-0.2, 0) is 9.53 Å². The zero-order chi connectivity index (χ0) is 24.4. The zero-order valence-corrected chi connectivity index (χ0v) is 23.4. The summed E-state index contributed by atoms with van der Waals surface area (Å²) in [5, 5.41) is 0. The number of rotatable bonds is 26. The molecule has 33 heavy (non-hydrogen) atoms. The summed E-state index contributed by atoms with van der Waals surface area (Å²) >= 11 is 0. The van der Waals surface area contributed by atoms with Crippen molar-refractivity contribution in [1.82, 2.24) is 0 Å². The van der Waals surface area contributed by atoms with Crippen molar-refractivity contribution in [3.63, 3.8) is 0 Å². The Balaban J connectivity index is 3.16. The molecule has 0 N–H and O–H groups in total. The smallest absolute Gasteiger partial charge is 0.305 e. The van der Waals surface area contributed by atoms with Gasteiger partial charge in [-0.2, -0.15) is 0 Å². The maximum absolute atomic E-state index is 11.8. The lowest BCUT2D eigenvalue weighted by Gasteiger charge is -2.06. The third kappa shape index (κ3) is 29.4. The highest BCUT2D eigenvalue weighted by atomic mass is 16.5. The summed E-state index contributed by atoms with van der Waals surface area (Å²) in [5.74, 6) is 1.74. The standard InChI is InChI=1S/C31H62O2/c1-29(2)25-21-17-13-9-7-5-6-8-10-15-19-23-27-31(32)33-28-24-20-16-12-11-14-18-22-26-30(3)4/h29-30H,5-28H2,1-4H3. The van der Waals surface area contributed by atoms with Gasteiger partial charge in [-0.25, -0.2) is 0 Å². The first-order valence-electron chi connectivity index (χ1n) is 15.2. The van der Waals surface area contributed by atoms with Gasteiger partial charge in [0.25, 0.3) is 0 Å².